The third kappa shape index (κ3) is 2.62. The van der Waals surface area contributed by atoms with Crippen molar-refractivity contribution in [3.05, 3.63) is 61.2 Å². The molecule has 21 heavy (non-hydrogen) atoms. The van der Waals surface area contributed by atoms with Gasteiger partial charge in [0, 0.05) is 13.5 Å². The van der Waals surface area contributed by atoms with Crippen molar-refractivity contribution >= 4 is 0 Å². The lowest BCUT2D eigenvalue weighted by atomic mass is 9.84. The van der Waals surface area contributed by atoms with E-state index in [0.717, 1.165) is 12.8 Å². The number of likely N-dealkylation sites (N-methyl/N-ethyl adjacent to an activating group) is 1. The molecule has 0 radical (unpaired) electrons. The smallest absolute Gasteiger partial charge is 0.137 e. The highest BCUT2D eigenvalue weighted by Crippen LogP contribution is 2.41. The van der Waals surface area contributed by atoms with Crippen molar-refractivity contribution in [1.82, 2.24) is 19.8 Å². The van der Waals surface area contributed by atoms with Crippen molar-refractivity contribution < 1.29 is 4.84 Å². The van der Waals surface area contributed by atoms with E-state index in [9.17, 15) is 0 Å². The van der Waals surface area contributed by atoms with Gasteiger partial charge in [-0.05, 0) is 12.0 Å². The van der Waals surface area contributed by atoms with Crippen LogP contribution >= 0.6 is 0 Å². The summed E-state index contributed by atoms with van der Waals surface area (Å²) >= 11 is 0. The van der Waals surface area contributed by atoms with Crippen LogP contribution in [0.25, 0.3) is 0 Å². The molecule has 2 heterocycles. The van der Waals surface area contributed by atoms with Crippen LogP contribution in [0, 0.1) is 0 Å². The van der Waals surface area contributed by atoms with Crippen LogP contribution in [0.15, 0.2) is 55.6 Å². The minimum absolute atomic E-state index is 0.149. The molecule has 1 aromatic heterocycles. The van der Waals surface area contributed by atoms with Crippen LogP contribution < -0.4 is 0 Å². The SMILES string of the molecule is C=CC[C@H]1C[C@@](Cn2cncn2)(c2ccccc2)N(C)O1. The van der Waals surface area contributed by atoms with Crippen LogP contribution in [0.2, 0.25) is 0 Å². The van der Waals surface area contributed by atoms with Gasteiger partial charge in [-0.3, -0.25) is 9.52 Å². The van der Waals surface area contributed by atoms with Gasteiger partial charge in [0.15, 0.2) is 0 Å². The molecule has 0 bridgehead atoms. The third-order valence-corrected chi connectivity index (χ3v) is 4.11. The van der Waals surface area contributed by atoms with Crippen molar-refractivity contribution in [2.24, 2.45) is 0 Å². The molecule has 0 spiro atoms. The molecule has 3 rings (SSSR count). The minimum Gasteiger partial charge on any atom is -0.295 e. The van der Waals surface area contributed by atoms with Gasteiger partial charge in [-0.2, -0.15) is 10.2 Å². The summed E-state index contributed by atoms with van der Waals surface area (Å²) in [7, 11) is 1.99. The van der Waals surface area contributed by atoms with Gasteiger partial charge in [-0.1, -0.05) is 36.4 Å². The van der Waals surface area contributed by atoms with E-state index < -0.39 is 0 Å². The van der Waals surface area contributed by atoms with Crippen molar-refractivity contribution in [2.45, 2.75) is 31.0 Å². The van der Waals surface area contributed by atoms with Gasteiger partial charge < -0.3 is 0 Å². The Morgan fingerprint density at radius 3 is 2.90 bits per heavy atom. The van der Waals surface area contributed by atoms with Gasteiger partial charge in [-0.15, -0.1) is 6.58 Å². The normalized spacial score (nSPS) is 26.0. The highest BCUT2D eigenvalue weighted by atomic mass is 16.7. The molecule has 1 saturated heterocycles. The monoisotopic (exact) mass is 284 g/mol. The van der Waals surface area contributed by atoms with Crippen LogP contribution in [0.3, 0.4) is 0 Å². The molecule has 0 N–H and O–H groups in total. The Labute approximate surface area is 124 Å². The second-order valence-corrected chi connectivity index (χ2v) is 5.44. The van der Waals surface area contributed by atoms with Crippen LogP contribution in [0.4, 0.5) is 0 Å². The van der Waals surface area contributed by atoms with Crippen LogP contribution in [-0.4, -0.2) is 33.0 Å². The van der Waals surface area contributed by atoms with Crippen molar-refractivity contribution in [3.63, 3.8) is 0 Å². The highest BCUT2D eigenvalue weighted by Gasteiger charge is 2.46. The molecule has 1 aromatic carbocycles. The van der Waals surface area contributed by atoms with Gasteiger partial charge in [0.25, 0.3) is 0 Å². The molecule has 5 heteroatoms. The molecule has 1 aliphatic heterocycles. The number of hydrogen-bond acceptors (Lipinski definition) is 4. The predicted octanol–water partition coefficient (Wildman–Crippen LogP) is 2.39. The van der Waals surface area contributed by atoms with Crippen molar-refractivity contribution in [2.75, 3.05) is 7.05 Å². The van der Waals surface area contributed by atoms with Crippen molar-refractivity contribution in [3.8, 4) is 0 Å². The maximum atomic E-state index is 6.02. The molecule has 5 nitrogen and oxygen atoms in total. The number of hydrogen-bond donors (Lipinski definition) is 0. The first kappa shape index (κ1) is 14.0. The standard InChI is InChI=1S/C16H20N4O/c1-3-7-15-10-16(19(2)21-15,11-20-13-17-12-18-20)14-8-5-4-6-9-14/h3-6,8-9,12-13,15H,1,7,10-11H2,2H3/t15-,16+/m0/s1. The first-order valence-electron chi connectivity index (χ1n) is 7.14. The minimum atomic E-state index is -0.233. The Hall–Kier alpha value is -1.98. The molecule has 1 fully saturated rings. The van der Waals surface area contributed by atoms with Gasteiger partial charge in [0.2, 0.25) is 0 Å². The molecular weight excluding hydrogens is 264 g/mol. The number of benzene rings is 1. The number of rotatable bonds is 5. The zero-order valence-electron chi connectivity index (χ0n) is 12.2. The summed E-state index contributed by atoms with van der Waals surface area (Å²) < 4.78 is 1.86. The molecule has 0 amide bonds. The fourth-order valence-electron chi connectivity index (χ4n) is 3.07. The van der Waals surface area contributed by atoms with E-state index in [0.29, 0.717) is 6.54 Å². The second kappa shape index (κ2) is 5.79. The Morgan fingerprint density at radius 2 is 2.24 bits per heavy atom. The van der Waals surface area contributed by atoms with Crippen LogP contribution in [0.5, 0.6) is 0 Å². The van der Waals surface area contributed by atoms with Gasteiger partial charge in [-0.25, -0.2) is 4.98 Å². The summed E-state index contributed by atoms with van der Waals surface area (Å²) in [6.45, 7) is 4.53. The van der Waals surface area contributed by atoms with E-state index in [4.69, 9.17) is 4.84 Å². The molecular formula is C16H20N4O. The van der Waals surface area contributed by atoms with E-state index in [1.807, 2.05) is 28.9 Å². The molecule has 2 aromatic rings. The van der Waals surface area contributed by atoms with E-state index in [2.05, 4.69) is 40.9 Å². The zero-order valence-corrected chi connectivity index (χ0v) is 12.2. The first-order chi connectivity index (χ1) is 10.2. The van der Waals surface area contributed by atoms with E-state index in [1.54, 1.807) is 12.7 Å². The number of nitrogens with zero attached hydrogens (tertiary/aromatic N) is 4. The molecule has 0 aliphatic carbocycles. The summed E-state index contributed by atoms with van der Waals surface area (Å²) in [6.07, 6.45) is 7.12. The lowest BCUT2D eigenvalue weighted by Gasteiger charge is -2.34. The Morgan fingerprint density at radius 1 is 1.43 bits per heavy atom. The molecule has 110 valence electrons. The maximum Gasteiger partial charge on any atom is 0.137 e. The summed E-state index contributed by atoms with van der Waals surface area (Å²) in [6, 6.07) is 10.4. The predicted molar refractivity (Wildman–Crippen MR) is 80.2 cm³/mol. The van der Waals surface area contributed by atoms with Crippen LogP contribution in [0.1, 0.15) is 18.4 Å². The second-order valence-electron chi connectivity index (χ2n) is 5.44. The molecule has 1 aliphatic rings. The Kier molecular flexibility index (Phi) is 3.86. The fourth-order valence-corrected chi connectivity index (χ4v) is 3.07. The highest BCUT2D eigenvalue weighted by molar-refractivity contribution is 5.25. The zero-order chi connectivity index (χ0) is 14.7. The average Bonchev–Trinajstić information content (AvgIpc) is 3.10. The first-order valence-corrected chi connectivity index (χ1v) is 7.14. The van der Waals surface area contributed by atoms with E-state index in [-0.39, 0.29) is 11.6 Å². The van der Waals surface area contributed by atoms with Gasteiger partial charge in [0.1, 0.15) is 12.7 Å². The summed E-state index contributed by atoms with van der Waals surface area (Å²) in [4.78, 5) is 10.1. The largest absolute Gasteiger partial charge is 0.295 e. The average molecular weight is 284 g/mol. The quantitative estimate of drug-likeness (QED) is 0.791. The topological polar surface area (TPSA) is 43.2 Å². The Balaban J connectivity index is 1.97. The van der Waals surface area contributed by atoms with Crippen molar-refractivity contribution in [1.29, 1.82) is 0 Å². The van der Waals surface area contributed by atoms with E-state index in [1.165, 1.54) is 5.56 Å². The summed E-state index contributed by atoms with van der Waals surface area (Å²) in [5.74, 6) is 0. The molecule has 0 saturated carbocycles. The van der Waals surface area contributed by atoms with Gasteiger partial charge in [0.05, 0.1) is 18.2 Å². The van der Waals surface area contributed by atoms with E-state index >= 15 is 0 Å². The van der Waals surface area contributed by atoms with Gasteiger partial charge >= 0.3 is 0 Å². The lowest BCUT2D eigenvalue weighted by Crippen LogP contribution is -2.41. The molecule has 2 atom stereocenters. The number of aromatic nitrogens is 3. The van der Waals surface area contributed by atoms with Crippen LogP contribution in [-0.2, 0) is 16.9 Å². The summed E-state index contributed by atoms with van der Waals surface area (Å²) in [5.41, 5.74) is 0.998. The Bertz CT molecular complexity index is 584. The molecule has 0 unspecified atom stereocenters. The third-order valence-electron chi connectivity index (χ3n) is 4.11. The lowest BCUT2D eigenvalue weighted by molar-refractivity contribution is -0.174. The fraction of sp³-hybridized carbons (Fsp3) is 0.375. The number of hydroxylamine groups is 2. The maximum absolute atomic E-state index is 6.02. The summed E-state index contributed by atoms with van der Waals surface area (Å²) in [5, 5.41) is 6.23.